The highest BCUT2D eigenvalue weighted by Gasteiger charge is 2.73. The van der Waals surface area contributed by atoms with Crippen molar-refractivity contribution in [2.24, 2.45) is 10.8 Å². The Balaban J connectivity index is 1.26. The summed E-state index contributed by atoms with van der Waals surface area (Å²) in [4.78, 5) is 28.9. The van der Waals surface area contributed by atoms with Crippen molar-refractivity contribution in [1.29, 1.82) is 0 Å². The number of rotatable bonds is 6. The second-order valence-corrected chi connectivity index (χ2v) is 9.49. The number of fused-ring (bicyclic) bond motifs is 2. The van der Waals surface area contributed by atoms with Gasteiger partial charge in [-0.2, -0.15) is 0 Å². The van der Waals surface area contributed by atoms with E-state index in [4.69, 9.17) is 4.42 Å². The van der Waals surface area contributed by atoms with E-state index < -0.39 is 11.4 Å². The highest BCUT2D eigenvalue weighted by atomic mass is 16.4. The van der Waals surface area contributed by atoms with Crippen LogP contribution < -0.4 is 5.32 Å². The van der Waals surface area contributed by atoms with Gasteiger partial charge in [0.15, 0.2) is 0 Å². The zero-order valence-corrected chi connectivity index (χ0v) is 17.7. The molecule has 4 aromatic rings. The Kier molecular flexibility index (Phi) is 3.85. The average Bonchev–Trinajstić information content (AvgIpc) is 3.29. The molecule has 7 heteroatoms. The SMILES string of the molecule is CC(NC(=O)c1cncc2ccn(Cc3cc4ccccc4o3)c12)C12CC(C(=O)O)(C1)C2. The molecule has 0 radical (unpaired) electrons. The van der Waals surface area contributed by atoms with E-state index in [1.165, 1.54) is 0 Å². The normalized spacial score (nSPS) is 24.7. The number of pyridine rings is 1. The van der Waals surface area contributed by atoms with Gasteiger partial charge in [0.25, 0.3) is 5.91 Å². The number of aliphatic carboxylic acids is 1. The highest BCUT2D eigenvalue weighted by Crippen LogP contribution is 2.74. The van der Waals surface area contributed by atoms with Gasteiger partial charge in [0.2, 0.25) is 0 Å². The molecular weight excluding hydrogens is 406 g/mol. The third-order valence-corrected chi connectivity index (χ3v) is 7.51. The number of amides is 1. The number of para-hydroxylation sites is 1. The summed E-state index contributed by atoms with van der Waals surface area (Å²) in [6.07, 6.45) is 7.21. The van der Waals surface area contributed by atoms with E-state index in [9.17, 15) is 14.7 Å². The van der Waals surface area contributed by atoms with Crippen LogP contribution in [0.25, 0.3) is 21.9 Å². The molecule has 162 valence electrons. The van der Waals surface area contributed by atoms with E-state index in [0.717, 1.165) is 27.6 Å². The predicted octanol–water partition coefficient (Wildman–Crippen LogP) is 4.20. The lowest BCUT2D eigenvalue weighted by Gasteiger charge is -2.70. The summed E-state index contributed by atoms with van der Waals surface area (Å²) < 4.78 is 7.98. The van der Waals surface area contributed by atoms with Gasteiger partial charge in [-0.15, -0.1) is 0 Å². The smallest absolute Gasteiger partial charge is 0.309 e. The molecule has 3 heterocycles. The Morgan fingerprint density at radius 3 is 2.72 bits per heavy atom. The summed E-state index contributed by atoms with van der Waals surface area (Å²) >= 11 is 0. The number of nitrogens with one attached hydrogen (secondary N) is 1. The van der Waals surface area contributed by atoms with Crippen LogP contribution in [0.4, 0.5) is 0 Å². The first-order valence-corrected chi connectivity index (χ1v) is 10.8. The van der Waals surface area contributed by atoms with Crippen LogP contribution in [0.3, 0.4) is 0 Å². The van der Waals surface area contributed by atoms with E-state index in [1.54, 1.807) is 12.4 Å². The molecule has 3 aromatic heterocycles. The minimum atomic E-state index is -0.713. The average molecular weight is 429 g/mol. The Morgan fingerprint density at radius 2 is 1.97 bits per heavy atom. The molecule has 7 nitrogen and oxygen atoms in total. The monoisotopic (exact) mass is 429 g/mol. The number of furan rings is 1. The Morgan fingerprint density at radius 1 is 1.19 bits per heavy atom. The molecule has 0 aliphatic heterocycles. The van der Waals surface area contributed by atoms with Gasteiger partial charge in [0.05, 0.1) is 23.0 Å². The van der Waals surface area contributed by atoms with Crippen molar-refractivity contribution in [2.75, 3.05) is 0 Å². The lowest BCUT2D eigenvalue weighted by atomic mass is 9.33. The van der Waals surface area contributed by atoms with E-state index in [1.807, 2.05) is 54.1 Å². The third-order valence-electron chi connectivity index (χ3n) is 7.51. The standard InChI is InChI=1S/C25H23N3O4/c1-15(24-12-25(13-24,14-24)23(30)31)27-22(29)19-10-26-9-17-6-7-28(21(17)19)11-18-8-16-4-2-3-5-20(16)32-18/h2-10,15H,11-14H2,1H3,(H,27,29)(H,30,31). The number of hydrogen-bond acceptors (Lipinski definition) is 4. The summed E-state index contributed by atoms with van der Waals surface area (Å²) in [5.41, 5.74) is 1.51. The molecule has 1 aromatic carbocycles. The molecule has 32 heavy (non-hydrogen) atoms. The van der Waals surface area contributed by atoms with Crippen molar-refractivity contribution in [1.82, 2.24) is 14.9 Å². The molecular formula is C25H23N3O4. The number of carbonyl (C=O) groups is 2. The molecule has 2 bridgehead atoms. The maximum atomic E-state index is 13.2. The Labute approximate surface area is 184 Å². The minimum absolute atomic E-state index is 0.0916. The van der Waals surface area contributed by atoms with Crippen LogP contribution in [0, 0.1) is 10.8 Å². The zero-order valence-electron chi connectivity index (χ0n) is 17.7. The first-order valence-electron chi connectivity index (χ1n) is 10.8. The van der Waals surface area contributed by atoms with Crippen molar-refractivity contribution < 1.29 is 19.1 Å². The molecule has 3 aliphatic rings. The summed E-state index contributed by atoms with van der Waals surface area (Å²) in [5.74, 6) is -0.0855. The van der Waals surface area contributed by atoms with E-state index >= 15 is 0 Å². The molecule has 1 amide bonds. The van der Waals surface area contributed by atoms with Crippen LogP contribution in [-0.2, 0) is 11.3 Å². The fourth-order valence-corrected chi connectivity index (χ4v) is 5.72. The molecule has 7 rings (SSSR count). The number of carbonyl (C=O) groups excluding carboxylic acids is 1. The van der Waals surface area contributed by atoms with Crippen LogP contribution >= 0.6 is 0 Å². The molecule has 1 unspecified atom stereocenters. The maximum absolute atomic E-state index is 13.2. The van der Waals surface area contributed by atoms with E-state index in [2.05, 4.69) is 10.3 Å². The highest BCUT2D eigenvalue weighted by molar-refractivity contribution is 6.05. The molecule has 2 N–H and O–H groups in total. The number of hydrogen-bond donors (Lipinski definition) is 2. The second-order valence-electron chi connectivity index (χ2n) is 9.49. The topological polar surface area (TPSA) is 97.4 Å². The van der Waals surface area contributed by atoms with E-state index in [0.29, 0.717) is 31.4 Å². The molecule has 3 saturated carbocycles. The molecule has 3 fully saturated rings. The number of benzene rings is 1. The zero-order chi connectivity index (χ0) is 22.1. The summed E-state index contributed by atoms with van der Waals surface area (Å²) in [6.45, 7) is 2.48. The number of carboxylic acids is 1. The van der Waals surface area contributed by atoms with Gasteiger partial charge in [-0.05, 0) is 49.8 Å². The Hall–Kier alpha value is -3.61. The number of carboxylic acid groups (broad SMARTS) is 1. The van der Waals surface area contributed by atoms with Gasteiger partial charge in [-0.25, -0.2) is 0 Å². The van der Waals surface area contributed by atoms with Gasteiger partial charge >= 0.3 is 5.97 Å². The fourth-order valence-electron chi connectivity index (χ4n) is 5.72. The molecule has 0 spiro atoms. The molecule has 3 aliphatic carbocycles. The Bertz CT molecular complexity index is 1350. The first kappa shape index (κ1) is 19.1. The summed E-state index contributed by atoms with van der Waals surface area (Å²) in [5, 5.41) is 14.4. The van der Waals surface area contributed by atoms with Crippen LogP contribution in [-0.4, -0.2) is 32.6 Å². The summed E-state index contributed by atoms with van der Waals surface area (Å²) in [7, 11) is 0. The molecule has 0 saturated heterocycles. The van der Waals surface area contributed by atoms with Gasteiger partial charge in [0, 0.05) is 35.4 Å². The maximum Gasteiger partial charge on any atom is 0.309 e. The fraction of sp³-hybridized carbons (Fsp3) is 0.320. The first-order chi connectivity index (χ1) is 15.4. The van der Waals surface area contributed by atoms with Crippen LogP contribution in [0.15, 0.2) is 59.4 Å². The van der Waals surface area contributed by atoms with Gasteiger partial charge in [-0.1, -0.05) is 18.2 Å². The van der Waals surface area contributed by atoms with Crippen LogP contribution in [0.2, 0.25) is 0 Å². The molecule has 1 atom stereocenters. The predicted molar refractivity (Wildman–Crippen MR) is 118 cm³/mol. The lowest BCUT2D eigenvalue weighted by Crippen LogP contribution is -2.71. The minimum Gasteiger partial charge on any atom is -0.481 e. The second kappa shape index (κ2) is 6.45. The van der Waals surface area contributed by atoms with Crippen molar-refractivity contribution in [2.45, 2.75) is 38.8 Å². The van der Waals surface area contributed by atoms with Crippen molar-refractivity contribution in [3.8, 4) is 0 Å². The number of aromatic nitrogens is 2. The largest absolute Gasteiger partial charge is 0.481 e. The van der Waals surface area contributed by atoms with Crippen LogP contribution in [0.1, 0.15) is 42.3 Å². The number of nitrogens with zero attached hydrogens (tertiary/aromatic N) is 2. The van der Waals surface area contributed by atoms with Gasteiger partial charge in [0.1, 0.15) is 11.3 Å². The lowest BCUT2D eigenvalue weighted by molar-refractivity contribution is -0.230. The quantitative estimate of drug-likeness (QED) is 0.479. The summed E-state index contributed by atoms with van der Waals surface area (Å²) in [6, 6.07) is 11.8. The van der Waals surface area contributed by atoms with Crippen molar-refractivity contribution in [3.63, 3.8) is 0 Å². The van der Waals surface area contributed by atoms with Crippen LogP contribution in [0.5, 0.6) is 0 Å². The van der Waals surface area contributed by atoms with Crippen molar-refractivity contribution >= 4 is 33.7 Å². The van der Waals surface area contributed by atoms with Gasteiger partial charge in [-0.3, -0.25) is 14.6 Å². The van der Waals surface area contributed by atoms with E-state index in [-0.39, 0.29) is 17.4 Å². The third kappa shape index (κ3) is 2.63. The van der Waals surface area contributed by atoms with Crippen molar-refractivity contribution in [3.05, 3.63) is 66.3 Å². The van der Waals surface area contributed by atoms with Gasteiger partial charge < -0.3 is 19.4 Å².